The zero-order valence-corrected chi connectivity index (χ0v) is 15.2. The van der Waals surface area contributed by atoms with E-state index in [1.807, 2.05) is 13.0 Å². The molecule has 4 rings (SSSR count). The molecule has 0 spiro atoms. The van der Waals surface area contributed by atoms with Crippen molar-refractivity contribution in [1.29, 1.82) is 0 Å². The van der Waals surface area contributed by atoms with Crippen LogP contribution in [0.3, 0.4) is 0 Å². The summed E-state index contributed by atoms with van der Waals surface area (Å²) in [6.45, 7) is 9.62. The Morgan fingerprint density at radius 3 is 2.92 bits per heavy atom. The van der Waals surface area contributed by atoms with E-state index in [-0.39, 0.29) is 0 Å². The highest BCUT2D eigenvalue weighted by molar-refractivity contribution is 5.62. The summed E-state index contributed by atoms with van der Waals surface area (Å²) in [5.41, 5.74) is 5.69. The molecule has 0 aliphatic heterocycles. The molecule has 6 nitrogen and oxygen atoms in total. The third-order valence-electron chi connectivity index (χ3n) is 5.07. The smallest absolute Gasteiger partial charge is 0.279 e. The van der Waals surface area contributed by atoms with Gasteiger partial charge in [0.1, 0.15) is 0 Å². The Balaban J connectivity index is 1.77. The molecule has 1 aliphatic carbocycles. The molecule has 3 aromatic heterocycles. The number of hydrogen-bond donors (Lipinski definition) is 0. The lowest BCUT2D eigenvalue weighted by molar-refractivity contribution is 0.304. The van der Waals surface area contributed by atoms with Crippen LogP contribution in [0.5, 0.6) is 0 Å². The van der Waals surface area contributed by atoms with Crippen molar-refractivity contribution >= 4 is 0 Å². The van der Waals surface area contributed by atoms with Crippen molar-refractivity contribution in [3.8, 4) is 23.0 Å². The summed E-state index contributed by atoms with van der Waals surface area (Å²) in [5.74, 6) is 1.07. The summed E-state index contributed by atoms with van der Waals surface area (Å²) in [6, 6.07) is 1.95. The first kappa shape index (κ1) is 16.0. The first-order valence-corrected chi connectivity index (χ1v) is 8.82. The molecule has 0 unspecified atom stereocenters. The summed E-state index contributed by atoms with van der Waals surface area (Å²) >= 11 is 0. The highest BCUT2D eigenvalue weighted by Crippen LogP contribution is 2.39. The van der Waals surface area contributed by atoms with E-state index in [1.165, 1.54) is 11.3 Å². The Morgan fingerprint density at radius 2 is 2.16 bits per heavy atom. The second kappa shape index (κ2) is 5.79. The van der Waals surface area contributed by atoms with Crippen molar-refractivity contribution in [3.05, 3.63) is 35.3 Å². The molecule has 1 aliphatic rings. The molecule has 25 heavy (non-hydrogen) atoms. The Hall–Kier alpha value is -2.50. The molecule has 130 valence electrons. The van der Waals surface area contributed by atoms with Crippen molar-refractivity contribution in [2.45, 2.75) is 53.5 Å². The Morgan fingerprint density at radius 1 is 1.32 bits per heavy atom. The van der Waals surface area contributed by atoms with Crippen LogP contribution in [0.25, 0.3) is 23.0 Å². The van der Waals surface area contributed by atoms with E-state index < -0.39 is 0 Å². The van der Waals surface area contributed by atoms with Crippen LogP contribution < -0.4 is 0 Å². The lowest BCUT2D eigenvalue weighted by Crippen LogP contribution is -2.24. The highest BCUT2D eigenvalue weighted by Gasteiger charge is 2.32. The first-order valence-electron chi connectivity index (χ1n) is 8.82. The van der Waals surface area contributed by atoms with Crippen LogP contribution in [-0.2, 0) is 19.4 Å². The van der Waals surface area contributed by atoms with Gasteiger partial charge in [-0.25, -0.2) is 0 Å². The average molecular weight is 337 g/mol. The minimum Gasteiger partial charge on any atom is -0.332 e. The maximum Gasteiger partial charge on any atom is 0.279 e. The highest BCUT2D eigenvalue weighted by atomic mass is 16.5. The van der Waals surface area contributed by atoms with Crippen LogP contribution in [0.15, 0.2) is 23.0 Å². The lowest BCUT2D eigenvalue weighted by Gasteiger charge is -2.30. The van der Waals surface area contributed by atoms with Crippen LogP contribution in [0.4, 0.5) is 0 Å². The second-order valence-corrected chi connectivity index (χ2v) is 7.54. The number of aromatic nitrogens is 5. The minimum absolute atomic E-state index is 0.310. The number of hydrogen-bond acceptors (Lipinski definition) is 5. The van der Waals surface area contributed by atoms with Crippen molar-refractivity contribution in [3.63, 3.8) is 0 Å². The average Bonchev–Trinajstić information content (AvgIpc) is 3.18. The third-order valence-corrected chi connectivity index (χ3v) is 5.07. The quantitative estimate of drug-likeness (QED) is 0.726. The Bertz CT molecular complexity index is 922. The number of rotatable bonds is 3. The zero-order chi connectivity index (χ0) is 17.6. The fraction of sp³-hybridized carbons (Fsp3) is 0.474. The van der Waals surface area contributed by atoms with E-state index in [2.05, 4.69) is 40.6 Å². The maximum atomic E-state index is 5.57. The van der Waals surface area contributed by atoms with Gasteiger partial charge in [-0.05, 0) is 50.2 Å². The molecule has 0 radical (unpaired) electrons. The minimum atomic E-state index is 0.310. The van der Waals surface area contributed by atoms with Gasteiger partial charge in [0.2, 0.25) is 5.82 Å². The molecular formula is C19H23N5O. The van der Waals surface area contributed by atoms with Crippen LogP contribution >= 0.6 is 0 Å². The lowest BCUT2D eigenvalue weighted by atomic mass is 9.76. The van der Waals surface area contributed by atoms with Gasteiger partial charge in [0, 0.05) is 35.8 Å². The van der Waals surface area contributed by atoms with Crippen LogP contribution in [0.1, 0.15) is 44.0 Å². The van der Waals surface area contributed by atoms with E-state index in [0.29, 0.717) is 17.1 Å². The molecule has 0 fully saturated rings. The van der Waals surface area contributed by atoms with Crippen molar-refractivity contribution < 1.29 is 4.52 Å². The van der Waals surface area contributed by atoms with Gasteiger partial charge in [-0.1, -0.05) is 19.0 Å². The molecule has 0 bridgehead atoms. The number of fused-ring (bicyclic) bond motifs is 1. The molecular weight excluding hydrogens is 314 g/mol. The van der Waals surface area contributed by atoms with E-state index in [0.717, 1.165) is 42.6 Å². The standard InChI is InChI=1S/C19H23N5O/c1-5-24-15-10-19(3,4)8-6-13(15)16(22-24)18-21-17(23-25-18)14-11-20-9-7-12(14)2/h7,9,11H,5-6,8,10H2,1-4H3. The van der Waals surface area contributed by atoms with E-state index >= 15 is 0 Å². The van der Waals surface area contributed by atoms with Gasteiger partial charge in [-0.15, -0.1) is 0 Å². The maximum absolute atomic E-state index is 5.57. The van der Waals surface area contributed by atoms with Crippen LogP contribution in [0.2, 0.25) is 0 Å². The molecule has 0 aromatic carbocycles. The Kier molecular flexibility index (Phi) is 3.71. The van der Waals surface area contributed by atoms with E-state index in [4.69, 9.17) is 9.62 Å². The number of aryl methyl sites for hydroxylation is 2. The van der Waals surface area contributed by atoms with Gasteiger partial charge >= 0.3 is 0 Å². The largest absolute Gasteiger partial charge is 0.332 e. The molecule has 0 saturated carbocycles. The zero-order valence-electron chi connectivity index (χ0n) is 15.2. The molecule has 3 aromatic rings. The number of nitrogens with zero attached hydrogens (tertiary/aromatic N) is 5. The van der Waals surface area contributed by atoms with Gasteiger partial charge in [0.25, 0.3) is 5.89 Å². The first-order chi connectivity index (χ1) is 12.0. The molecule has 0 atom stereocenters. The summed E-state index contributed by atoms with van der Waals surface area (Å²) in [5, 5.41) is 8.94. The summed E-state index contributed by atoms with van der Waals surface area (Å²) in [7, 11) is 0. The van der Waals surface area contributed by atoms with Gasteiger partial charge < -0.3 is 4.52 Å². The molecule has 3 heterocycles. The fourth-order valence-corrected chi connectivity index (χ4v) is 3.56. The summed E-state index contributed by atoms with van der Waals surface area (Å²) < 4.78 is 7.66. The van der Waals surface area contributed by atoms with Gasteiger partial charge in [-0.3, -0.25) is 9.67 Å². The van der Waals surface area contributed by atoms with E-state index in [1.54, 1.807) is 12.4 Å². The normalized spacial score (nSPS) is 16.0. The second-order valence-electron chi connectivity index (χ2n) is 7.54. The van der Waals surface area contributed by atoms with Crippen LogP contribution in [-0.4, -0.2) is 24.9 Å². The third kappa shape index (κ3) is 2.75. The number of pyridine rings is 1. The van der Waals surface area contributed by atoms with E-state index in [9.17, 15) is 0 Å². The van der Waals surface area contributed by atoms with Gasteiger partial charge in [0.05, 0.1) is 0 Å². The molecule has 6 heteroatoms. The molecule has 0 saturated heterocycles. The Labute approximate surface area is 147 Å². The van der Waals surface area contributed by atoms with Crippen LogP contribution in [0, 0.1) is 12.3 Å². The van der Waals surface area contributed by atoms with Gasteiger partial charge in [-0.2, -0.15) is 10.1 Å². The van der Waals surface area contributed by atoms with Crippen molar-refractivity contribution in [2.24, 2.45) is 5.41 Å². The fourth-order valence-electron chi connectivity index (χ4n) is 3.56. The van der Waals surface area contributed by atoms with Crippen molar-refractivity contribution in [1.82, 2.24) is 24.9 Å². The summed E-state index contributed by atoms with van der Waals surface area (Å²) in [4.78, 5) is 8.78. The molecule has 0 amide bonds. The molecule has 0 N–H and O–H groups in total. The van der Waals surface area contributed by atoms with Crippen molar-refractivity contribution in [2.75, 3.05) is 0 Å². The predicted octanol–water partition coefficient (Wildman–Crippen LogP) is 3.84. The predicted molar refractivity (Wildman–Crippen MR) is 95.0 cm³/mol. The SMILES string of the molecule is CCn1nc(-c2nc(-c3cnccc3C)no2)c2c1CC(C)(C)CC2. The summed E-state index contributed by atoms with van der Waals surface area (Å²) in [6.07, 6.45) is 6.71. The topological polar surface area (TPSA) is 69.6 Å². The van der Waals surface area contributed by atoms with Gasteiger partial charge in [0.15, 0.2) is 5.69 Å². The monoisotopic (exact) mass is 337 g/mol.